The summed E-state index contributed by atoms with van der Waals surface area (Å²) < 4.78 is 0. The number of carbonyl (C=O) groups is 1. The molecule has 3 aromatic rings. The van der Waals surface area contributed by atoms with Crippen LogP contribution in [0.1, 0.15) is 49.8 Å². The number of carbonyl (C=O) groups excluding carboxylic acids is 1. The van der Waals surface area contributed by atoms with Gasteiger partial charge in [-0.3, -0.25) is 10.1 Å². The zero-order valence-electron chi connectivity index (χ0n) is 14.8. The van der Waals surface area contributed by atoms with Crippen molar-refractivity contribution in [2.75, 3.05) is 5.32 Å². The highest BCUT2D eigenvalue weighted by Gasteiger charge is 2.21. The van der Waals surface area contributed by atoms with E-state index in [1.54, 1.807) is 17.4 Å². The summed E-state index contributed by atoms with van der Waals surface area (Å²) in [5.74, 6) is -0.0516. The van der Waals surface area contributed by atoms with Crippen molar-refractivity contribution in [3.63, 3.8) is 0 Å². The summed E-state index contributed by atoms with van der Waals surface area (Å²) in [6, 6.07) is 5.64. The summed E-state index contributed by atoms with van der Waals surface area (Å²) in [6.07, 6.45) is 5.19. The van der Waals surface area contributed by atoms with Gasteiger partial charge in [-0.15, -0.1) is 22.7 Å². The van der Waals surface area contributed by atoms with Crippen LogP contribution < -0.4 is 5.32 Å². The van der Waals surface area contributed by atoms with Crippen molar-refractivity contribution in [1.82, 2.24) is 4.98 Å². The molecule has 7 heteroatoms. The molecular formula is C20H18Cl2N2OS2. The highest BCUT2D eigenvalue weighted by molar-refractivity contribution is 7.16. The fourth-order valence-electron chi connectivity index (χ4n) is 3.33. The molecule has 0 spiro atoms. The molecule has 27 heavy (non-hydrogen) atoms. The molecule has 1 aliphatic rings. The quantitative estimate of drug-likeness (QED) is 0.504. The van der Waals surface area contributed by atoms with E-state index < -0.39 is 0 Å². The van der Waals surface area contributed by atoms with E-state index >= 15 is 0 Å². The maximum atomic E-state index is 12.7. The monoisotopic (exact) mass is 436 g/mol. The summed E-state index contributed by atoms with van der Waals surface area (Å²) in [4.78, 5) is 19.7. The van der Waals surface area contributed by atoms with Crippen LogP contribution in [0.5, 0.6) is 0 Å². The summed E-state index contributed by atoms with van der Waals surface area (Å²) in [5.41, 5.74) is 4.04. The fourth-order valence-corrected chi connectivity index (χ4v) is 5.77. The molecule has 0 saturated heterocycles. The molecule has 1 amide bonds. The molecule has 1 aliphatic carbocycles. The Morgan fingerprint density at radius 1 is 1.22 bits per heavy atom. The van der Waals surface area contributed by atoms with Crippen molar-refractivity contribution < 1.29 is 4.79 Å². The molecule has 0 aliphatic heterocycles. The number of aromatic nitrogens is 1. The number of aryl methyl sites for hydroxylation is 2. The van der Waals surface area contributed by atoms with Gasteiger partial charge < -0.3 is 0 Å². The van der Waals surface area contributed by atoms with Crippen LogP contribution in [-0.2, 0) is 19.3 Å². The molecule has 0 bridgehead atoms. The molecule has 0 radical (unpaired) electrons. The van der Waals surface area contributed by atoms with Gasteiger partial charge in [0.25, 0.3) is 5.91 Å². The molecule has 1 aromatic carbocycles. The average Bonchev–Trinajstić information content (AvgIpc) is 3.22. The third-order valence-corrected chi connectivity index (χ3v) is 7.67. The molecule has 0 atom stereocenters. The van der Waals surface area contributed by atoms with Crippen molar-refractivity contribution in [1.29, 1.82) is 0 Å². The van der Waals surface area contributed by atoms with Crippen LogP contribution in [0.3, 0.4) is 0 Å². The number of hydrogen-bond acceptors (Lipinski definition) is 4. The van der Waals surface area contributed by atoms with E-state index in [1.807, 2.05) is 24.4 Å². The predicted octanol–water partition coefficient (Wildman–Crippen LogP) is 6.54. The Labute approximate surface area is 176 Å². The van der Waals surface area contributed by atoms with Crippen LogP contribution in [0.2, 0.25) is 10.0 Å². The maximum absolute atomic E-state index is 12.7. The van der Waals surface area contributed by atoms with Gasteiger partial charge in [-0.1, -0.05) is 29.3 Å². The van der Waals surface area contributed by atoms with E-state index in [0.717, 1.165) is 41.0 Å². The van der Waals surface area contributed by atoms with Gasteiger partial charge in [-0.05, 0) is 55.9 Å². The molecule has 140 valence electrons. The van der Waals surface area contributed by atoms with E-state index in [9.17, 15) is 4.79 Å². The fraction of sp³-hybridized carbons (Fsp3) is 0.300. The van der Waals surface area contributed by atoms with Gasteiger partial charge in [0.15, 0.2) is 5.13 Å². The normalized spacial score (nSPS) is 13.4. The van der Waals surface area contributed by atoms with Crippen molar-refractivity contribution in [3.05, 3.63) is 65.8 Å². The molecule has 2 aromatic heterocycles. The standard InChI is InChI=1S/C20H18Cl2N2OS2/c1-11-18(9-12-6-7-15(21)16(22)8-12)27-20(23-11)24-19(25)14-10-26-17-5-3-2-4-13(14)17/h6-8,10H,2-5,9H2,1H3,(H,23,24,25). The third kappa shape index (κ3) is 4.06. The maximum Gasteiger partial charge on any atom is 0.258 e. The van der Waals surface area contributed by atoms with Crippen LogP contribution in [0.15, 0.2) is 23.6 Å². The number of nitrogens with one attached hydrogen (secondary N) is 1. The summed E-state index contributed by atoms with van der Waals surface area (Å²) in [7, 11) is 0. The number of hydrogen-bond donors (Lipinski definition) is 1. The molecule has 1 N–H and O–H groups in total. The summed E-state index contributed by atoms with van der Waals surface area (Å²) in [5, 5.41) is 6.72. The Morgan fingerprint density at radius 3 is 2.85 bits per heavy atom. The number of fused-ring (bicyclic) bond motifs is 1. The minimum Gasteiger partial charge on any atom is -0.298 e. The number of thiazole rings is 1. The molecule has 4 rings (SSSR count). The lowest BCUT2D eigenvalue weighted by atomic mass is 9.96. The Hall–Kier alpha value is -1.40. The molecular weight excluding hydrogens is 419 g/mol. The number of amides is 1. The number of thiophene rings is 1. The lowest BCUT2D eigenvalue weighted by molar-refractivity contribution is 0.102. The van der Waals surface area contributed by atoms with Gasteiger partial charge >= 0.3 is 0 Å². The van der Waals surface area contributed by atoms with E-state index in [0.29, 0.717) is 21.6 Å². The first-order valence-corrected chi connectivity index (χ1v) is 11.3. The highest BCUT2D eigenvalue weighted by Crippen LogP contribution is 2.32. The Kier molecular flexibility index (Phi) is 5.55. The lowest BCUT2D eigenvalue weighted by Crippen LogP contribution is -2.14. The van der Waals surface area contributed by atoms with Gasteiger partial charge in [0.2, 0.25) is 0 Å². The second-order valence-electron chi connectivity index (χ2n) is 6.67. The van der Waals surface area contributed by atoms with Gasteiger partial charge in [-0.2, -0.15) is 0 Å². The number of benzene rings is 1. The van der Waals surface area contributed by atoms with Crippen LogP contribution in [-0.4, -0.2) is 10.9 Å². The van der Waals surface area contributed by atoms with E-state index in [4.69, 9.17) is 23.2 Å². The van der Waals surface area contributed by atoms with Crippen LogP contribution in [0.25, 0.3) is 0 Å². The molecule has 2 heterocycles. The summed E-state index contributed by atoms with van der Waals surface area (Å²) in [6.45, 7) is 1.96. The number of nitrogens with zero attached hydrogens (tertiary/aromatic N) is 1. The predicted molar refractivity (Wildman–Crippen MR) is 115 cm³/mol. The van der Waals surface area contributed by atoms with Crippen molar-refractivity contribution >= 4 is 56.9 Å². The van der Waals surface area contributed by atoms with Gasteiger partial charge in [-0.25, -0.2) is 4.98 Å². The van der Waals surface area contributed by atoms with Gasteiger partial charge in [0.05, 0.1) is 21.3 Å². The SMILES string of the molecule is Cc1nc(NC(=O)c2csc3c2CCCC3)sc1Cc1ccc(Cl)c(Cl)c1. The first-order valence-electron chi connectivity index (χ1n) is 8.82. The molecule has 0 fully saturated rings. The average molecular weight is 437 g/mol. The van der Waals surface area contributed by atoms with E-state index in [-0.39, 0.29) is 5.91 Å². The Balaban J connectivity index is 1.50. The first-order chi connectivity index (χ1) is 13.0. The lowest BCUT2D eigenvalue weighted by Gasteiger charge is -2.12. The smallest absolute Gasteiger partial charge is 0.258 e. The van der Waals surface area contributed by atoms with Crippen LogP contribution in [0, 0.1) is 6.92 Å². The minimum absolute atomic E-state index is 0.0516. The topological polar surface area (TPSA) is 42.0 Å². The second-order valence-corrected chi connectivity index (χ2v) is 9.53. The third-order valence-electron chi connectivity index (χ3n) is 4.77. The van der Waals surface area contributed by atoms with Crippen molar-refractivity contribution in [2.45, 2.75) is 39.0 Å². The molecule has 3 nitrogen and oxygen atoms in total. The number of anilines is 1. The Bertz CT molecular complexity index is 1010. The zero-order valence-corrected chi connectivity index (χ0v) is 17.9. The number of halogens is 2. The molecule has 0 unspecified atom stereocenters. The zero-order chi connectivity index (χ0) is 19.0. The van der Waals surface area contributed by atoms with E-state index in [2.05, 4.69) is 10.3 Å². The summed E-state index contributed by atoms with van der Waals surface area (Å²) >= 11 is 15.3. The van der Waals surface area contributed by atoms with Gasteiger partial charge in [0.1, 0.15) is 0 Å². The largest absolute Gasteiger partial charge is 0.298 e. The minimum atomic E-state index is -0.0516. The van der Waals surface area contributed by atoms with Crippen molar-refractivity contribution in [2.24, 2.45) is 0 Å². The molecule has 0 saturated carbocycles. The second kappa shape index (κ2) is 7.92. The van der Waals surface area contributed by atoms with Crippen LogP contribution in [0.4, 0.5) is 5.13 Å². The van der Waals surface area contributed by atoms with Gasteiger partial charge in [0, 0.05) is 21.6 Å². The van der Waals surface area contributed by atoms with E-state index in [1.165, 1.54) is 28.2 Å². The number of rotatable bonds is 4. The van der Waals surface area contributed by atoms with Crippen molar-refractivity contribution in [3.8, 4) is 0 Å². The highest BCUT2D eigenvalue weighted by atomic mass is 35.5. The van der Waals surface area contributed by atoms with Crippen LogP contribution >= 0.6 is 45.9 Å². The Morgan fingerprint density at radius 2 is 2.04 bits per heavy atom. The first kappa shape index (κ1) is 18.9.